The van der Waals surface area contributed by atoms with Crippen molar-refractivity contribution >= 4 is 6.29 Å². The molecule has 1 aliphatic heterocycles. The molecule has 5 unspecified atom stereocenters. The van der Waals surface area contributed by atoms with Gasteiger partial charge >= 0.3 is 0 Å². The van der Waals surface area contributed by atoms with E-state index in [1.807, 2.05) is 13.8 Å². The van der Waals surface area contributed by atoms with Crippen molar-refractivity contribution in [2.75, 3.05) is 19.6 Å². The van der Waals surface area contributed by atoms with Gasteiger partial charge in [0.05, 0.1) is 11.1 Å². The van der Waals surface area contributed by atoms with E-state index in [4.69, 9.17) is 9.84 Å². The molecule has 0 radical (unpaired) electrons. The summed E-state index contributed by atoms with van der Waals surface area (Å²) in [5, 5.41) is 15.5. The number of aromatic amines is 1. The summed E-state index contributed by atoms with van der Waals surface area (Å²) in [5.74, 6) is 2.02. The predicted molar refractivity (Wildman–Crippen MR) is 162 cm³/mol. The first kappa shape index (κ1) is 28.6. The predicted octanol–water partition coefficient (Wildman–Crippen LogP) is 6.16. The van der Waals surface area contributed by atoms with Gasteiger partial charge in [-0.3, -0.25) is 5.10 Å². The molecule has 1 saturated carbocycles. The number of aldehydes is 1. The van der Waals surface area contributed by atoms with Crippen molar-refractivity contribution in [3.05, 3.63) is 70.8 Å². The molecule has 6 nitrogen and oxygen atoms in total. The number of piperidine rings is 1. The van der Waals surface area contributed by atoms with Crippen molar-refractivity contribution in [3.8, 4) is 17.1 Å². The number of H-pyrrole nitrogens is 1. The second kappa shape index (κ2) is 11.9. The fourth-order valence-corrected chi connectivity index (χ4v) is 7.00. The normalized spacial score (nSPS) is 22.7. The Balaban J connectivity index is 1.44. The van der Waals surface area contributed by atoms with Gasteiger partial charge in [-0.05, 0) is 76.6 Å². The Morgan fingerprint density at radius 1 is 1.05 bits per heavy atom. The van der Waals surface area contributed by atoms with Crippen LogP contribution in [0.1, 0.15) is 74.6 Å². The van der Waals surface area contributed by atoms with Crippen LogP contribution in [0.15, 0.2) is 48.5 Å². The summed E-state index contributed by atoms with van der Waals surface area (Å²) in [4.78, 5) is 12.4. The monoisotopic (exact) mass is 542 g/mol. The van der Waals surface area contributed by atoms with Crippen molar-refractivity contribution in [1.29, 1.82) is 0 Å². The zero-order valence-electron chi connectivity index (χ0n) is 25.0. The number of ether oxygens (including phenoxy) is 1. The third-order valence-corrected chi connectivity index (χ3v) is 9.17. The minimum atomic E-state index is -0.625. The number of carbonyl (C=O) groups is 1. The lowest BCUT2D eigenvalue weighted by Crippen LogP contribution is -2.46. The molecule has 40 heavy (non-hydrogen) atoms. The van der Waals surface area contributed by atoms with E-state index in [0.29, 0.717) is 29.7 Å². The highest BCUT2D eigenvalue weighted by atomic mass is 16.5. The van der Waals surface area contributed by atoms with E-state index in [0.717, 1.165) is 49.2 Å². The number of aryl methyl sites for hydroxylation is 2. The summed E-state index contributed by atoms with van der Waals surface area (Å²) in [6.07, 6.45) is 3.16. The van der Waals surface area contributed by atoms with Crippen LogP contribution in [0.25, 0.3) is 11.3 Å². The summed E-state index contributed by atoms with van der Waals surface area (Å²) >= 11 is 0. The van der Waals surface area contributed by atoms with Crippen LogP contribution in [0.3, 0.4) is 0 Å². The lowest BCUT2D eigenvalue weighted by molar-refractivity contribution is -0.121. The lowest BCUT2D eigenvalue weighted by Gasteiger charge is -2.36. The van der Waals surface area contributed by atoms with Gasteiger partial charge in [0.1, 0.15) is 12.4 Å². The van der Waals surface area contributed by atoms with Gasteiger partial charge in [-0.2, -0.15) is 0 Å². The Morgan fingerprint density at radius 2 is 1.75 bits per heavy atom. The molecule has 1 aromatic heterocycles. The quantitative estimate of drug-likeness (QED) is 0.239. The first-order chi connectivity index (χ1) is 19.2. The molecule has 214 valence electrons. The molecule has 2 bridgehead atoms. The summed E-state index contributed by atoms with van der Waals surface area (Å²) < 4.78 is 6.91. The Bertz CT molecular complexity index is 1260. The minimum absolute atomic E-state index is 0.144. The topological polar surface area (TPSA) is 79.0 Å². The van der Waals surface area contributed by atoms with Crippen molar-refractivity contribution in [1.82, 2.24) is 20.8 Å². The number of hydrogen-bond donors (Lipinski definition) is 3. The van der Waals surface area contributed by atoms with Crippen molar-refractivity contribution < 1.29 is 9.53 Å². The van der Waals surface area contributed by atoms with E-state index in [2.05, 4.69) is 92.0 Å². The molecule has 2 aromatic carbocycles. The molecule has 5 rings (SSSR count). The molecule has 2 heterocycles. The van der Waals surface area contributed by atoms with Gasteiger partial charge in [0.2, 0.25) is 5.88 Å². The highest BCUT2D eigenvalue weighted by molar-refractivity contribution is 5.68. The van der Waals surface area contributed by atoms with Crippen molar-refractivity contribution in [3.63, 3.8) is 0 Å². The molecule has 6 heteroatoms. The molecular weight excluding hydrogens is 496 g/mol. The Morgan fingerprint density at radius 3 is 2.35 bits per heavy atom. The third kappa shape index (κ3) is 5.89. The number of carbonyl (C=O) groups excluding carboxylic acids is 1. The minimum Gasteiger partial charge on any atom is -0.472 e. The third-order valence-electron chi connectivity index (χ3n) is 9.17. The average Bonchev–Trinajstić information content (AvgIpc) is 3.65. The summed E-state index contributed by atoms with van der Waals surface area (Å²) in [5.41, 5.74) is 6.35. The number of nitrogens with zero attached hydrogens (tertiary/aromatic N) is 1. The fraction of sp³-hybridized carbons (Fsp3) is 0.529. The number of aromatic nitrogens is 2. The van der Waals surface area contributed by atoms with Crippen LogP contribution >= 0.6 is 0 Å². The highest BCUT2D eigenvalue weighted by Crippen LogP contribution is 2.46. The van der Waals surface area contributed by atoms with Crippen LogP contribution in [0.2, 0.25) is 0 Å². The van der Waals surface area contributed by atoms with Crippen LogP contribution in [0.4, 0.5) is 0 Å². The summed E-state index contributed by atoms with van der Waals surface area (Å²) in [6, 6.07) is 17.6. The molecule has 2 fully saturated rings. The molecule has 1 saturated heterocycles. The number of hydrogen-bond acceptors (Lipinski definition) is 5. The van der Waals surface area contributed by atoms with Gasteiger partial charge in [-0.1, -0.05) is 61.4 Å². The van der Waals surface area contributed by atoms with E-state index in [1.165, 1.54) is 23.1 Å². The summed E-state index contributed by atoms with van der Waals surface area (Å²) in [6.45, 7) is 15.5. The number of fused-ring (bicyclic) bond motifs is 2. The summed E-state index contributed by atoms with van der Waals surface area (Å²) in [7, 11) is 0. The largest absolute Gasteiger partial charge is 0.472 e. The first-order valence-electron chi connectivity index (χ1n) is 15.0. The van der Waals surface area contributed by atoms with E-state index in [1.54, 1.807) is 0 Å². The molecular formula is C34H46N4O2. The molecule has 2 aliphatic rings. The van der Waals surface area contributed by atoms with Gasteiger partial charge in [-0.25, -0.2) is 0 Å². The van der Waals surface area contributed by atoms with Gasteiger partial charge in [-0.15, -0.1) is 5.10 Å². The highest BCUT2D eigenvalue weighted by Gasteiger charge is 2.51. The second-order valence-corrected chi connectivity index (χ2v) is 13.0. The number of nitrogens with one attached hydrogen (secondary N) is 3. The van der Waals surface area contributed by atoms with E-state index >= 15 is 0 Å². The van der Waals surface area contributed by atoms with Gasteiger partial charge in [0, 0.05) is 42.1 Å². The lowest BCUT2D eigenvalue weighted by atomic mass is 9.76. The number of rotatable bonds is 12. The van der Waals surface area contributed by atoms with E-state index in [-0.39, 0.29) is 12.0 Å². The molecule has 0 spiro atoms. The zero-order chi connectivity index (χ0) is 28.4. The molecule has 3 aromatic rings. The SMILES string of the molecule is Cc1cc(C)cc(-c2[nH]nc(OC(C3C4CCC3NC4)C(C)(C)C=O)c2[C@H](C)CNCC(C)c2ccccc2)c1. The molecule has 0 amide bonds. The van der Waals surface area contributed by atoms with Gasteiger partial charge in [0.15, 0.2) is 0 Å². The van der Waals surface area contributed by atoms with Crippen LogP contribution < -0.4 is 15.4 Å². The van der Waals surface area contributed by atoms with Crippen LogP contribution in [0, 0.1) is 31.1 Å². The maximum Gasteiger partial charge on any atom is 0.237 e. The van der Waals surface area contributed by atoms with E-state index < -0.39 is 5.41 Å². The zero-order valence-corrected chi connectivity index (χ0v) is 25.0. The Hall–Kier alpha value is -2.96. The standard InChI is InChI=1S/C34H46N4O2/c1-21-14-22(2)16-27(15-21)31-29(24(4)18-35-17-23(3)25-10-8-7-9-11-25)33(38-37-31)40-32(34(5,6)20-39)30-26-12-13-28(30)36-19-26/h7-11,14-16,20,23-24,26,28,30,32,35-36H,12-13,17-19H2,1-6H3,(H,37,38)/t23?,24-,26?,28?,30?,32?/m1/s1. The second-order valence-electron chi connectivity index (χ2n) is 13.0. The Labute approximate surface area is 239 Å². The van der Waals surface area contributed by atoms with Gasteiger partial charge in [0.25, 0.3) is 0 Å². The van der Waals surface area contributed by atoms with Crippen LogP contribution in [0.5, 0.6) is 5.88 Å². The van der Waals surface area contributed by atoms with Gasteiger partial charge < -0.3 is 20.2 Å². The van der Waals surface area contributed by atoms with Crippen LogP contribution in [-0.2, 0) is 4.79 Å². The van der Waals surface area contributed by atoms with E-state index in [9.17, 15) is 4.79 Å². The molecule has 6 atom stereocenters. The number of benzene rings is 2. The average molecular weight is 543 g/mol. The molecule has 1 aliphatic carbocycles. The molecule has 3 N–H and O–H groups in total. The van der Waals surface area contributed by atoms with Crippen LogP contribution in [-0.4, -0.2) is 48.3 Å². The maximum atomic E-state index is 12.4. The smallest absolute Gasteiger partial charge is 0.237 e. The Kier molecular flexibility index (Phi) is 8.48. The van der Waals surface area contributed by atoms with Crippen molar-refractivity contribution in [2.45, 2.75) is 78.4 Å². The maximum absolute atomic E-state index is 12.4. The van der Waals surface area contributed by atoms with Crippen molar-refractivity contribution in [2.24, 2.45) is 17.3 Å². The first-order valence-corrected chi connectivity index (χ1v) is 15.0. The fourth-order valence-electron chi connectivity index (χ4n) is 7.00.